The Labute approximate surface area is 165 Å². The zero-order valence-electron chi connectivity index (χ0n) is 15.8. The molecule has 1 fully saturated rings. The van der Waals surface area contributed by atoms with Gasteiger partial charge in [-0.1, -0.05) is 32.9 Å². The average Bonchev–Trinajstić information content (AvgIpc) is 3.18. The molecule has 1 N–H and O–H groups in total. The van der Waals surface area contributed by atoms with E-state index in [1.165, 1.54) is 15.6 Å². The Kier molecular flexibility index (Phi) is 7.91. The minimum atomic E-state index is -3.50. The summed E-state index contributed by atoms with van der Waals surface area (Å²) in [6.45, 7) is 7.36. The summed E-state index contributed by atoms with van der Waals surface area (Å²) >= 11 is 1.34. The van der Waals surface area contributed by atoms with Gasteiger partial charge in [-0.25, -0.2) is 13.4 Å². The van der Waals surface area contributed by atoms with Crippen LogP contribution in [0.15, 0.2) is 34.5 Å². The van der Waals surface area contributed by atoms with E-state index in [4.69, 9.17) is 4.74 Å². The number of carbonyl (C=O) groups is 1. The first-order valence-corrected chi connectivity index (χ1v) is 11.3. The molecule has 0 unspecified atom stereocenters. The molecule has 1 aliphatic rings. The number of nitrogens with zero attached hydrogens (tertiary/aromatic N) is 2. The van der Waals surface area contributed by atoms with Crippen molar-refractivity contribution in [2.45, 2.75) is 32.1 Å². The second-order valence-electron chi connectivity index (χ2n) is 5.48. The predicted octanol–water partition coefficient (Wildman–Crippen LogP) is 3.45. The zero-order valence-corrected chi connectivity index (χ0v) is 17.4. The minimum Gasteiger partial charge on any atom is -0.379 e. The molecule has 0 atom stereocenters. The van der Waals surface area contributed by atoms with E-state index in [1.807, 2.05) is 19.2 Å². The van der Waals surface area contributed by atoms with E-state index in [1.54, 1.807) is 31.2 Å². The molecular formula is C18H27N3O4S2. The number of nitrogens with one attached hydrogen (secondary N) is 1. The van der Waals surface area contributed by atoms with Crippen molar-refractivity contribution in [3.63, 3.8) is 0 Å². The summed E-state index contributed by atoms with van der Waals surface area (Å²) in [5.74, 6) is -0.0900. The number of carbonyl (C=O) groups excluding carboxylic acids is 1. The van der Waals surface area contributed by atoms with Crippen molar-refractivity contribution < 1.29 is 19.4 Å². The number of sulfonamides is 1. The van der Waals surface area contributed by atoms with Crippen LogP contribution in [-0.2, 0) is 19.6 Å². The van der Waals surface area contributed by atoms with Gasteiger partial charge in [-0.05, 0) is 12.1 Å². The second kappa shape index (κ2) is 9.93. The highest BCUT2D eigenvalue weighted by Gasteiger charge is 2.26. The highest BCUT2D eigenvalue weighted by molar-refractivity contribution is 7.89. The molecule has 27 heavy (non-hydrogen) atoms. The molecule has 0 spiro atoms. The summed E-state index contributed by atoms with van der Waals surface area (Å²) in [5.41, 5.74) is 1.50. The maximum Gasteiger partial charge on any atom is 0.243 e. The molecule has 0 bridgehead atoms. The van der Waals surface area contributed by atoms with Gasteiger partial charge >= 0.3 is 0 Å². The highest BCUT2D eigenvalue weighted by atomic mass is 32.2. The van der Waals surface area contributed by atoms with Gasteiger partial charge in [0.25, 0.3) is 0 Å². The topological polar surface area (TPSA) is 88.6 Å². The number of hydrogen-bond donors (Lipinski definition) is 1. The van der Waals surface area contributed by atoms with Gasteiger partial charge in [0.2, 0.25) is 15.9 Å². The summed E-state index contributed by atoms with van der Waals surface area (Å²) < 4.78 is 31.8. The zero-order chi connectivity index (χ0) is 19.9. The molecule has 9 heteroatoms. The van der Waals surface area contributed by atoms with Crippen molar-refractivity contribution in [2.24, 2.45) is 0 Å². The molecule has 0 saturated carbocycles. The van der Waals surface area contributed by atoms with Crippen molar-refractivity contribution in [1.29, 1.82) is 0 Å². The lowest BCUT2D eigenvalue weighted by Crippen LogP contribution is -2.40. The van der Waals surface area contributed by atoms with E-state index in [0.717, 1.165) is 5.56 Å². The molecule has 7 nitrogen and oxygen atoms in total. The van der Waals surface area contributed by atoms with Crippen LogP contribution in [0, 0.1) is 0 Å². The van der Waals surface area contributed by atoms with E-state index in [2.05, 4.69) is 10.3 Å². The van der Waals surface area contributed by atoms with Gasteiger partial charge in [-0.3, -0.25) is 4.79 Å². The number of morpholine rings is 1. The highest BCUT2D eigenvalue weighted by Crippen LogP contribution is 2.27. The Morgan fingerprint density at radius 3 is 2.48 bits per heavy atom. The first kappa shape index (κ1) is 21.5. The Balaban J connectivity index is 0.00000127. The standard InChI is InChI=1S/C16H19N3O4S2.C2H6.H2/c1-2-15(20)18-16-17-14(11-24-16)12-3-5-13(6-4-12)25(21,22)19-7-9-23-10-8-19;1-2;/h3-6,11H,2,7-10H2,1H3,(H,17,18,20);1-2H3;1H. The van der Waals surface area contributed by atoms with Gasteiger partial charge in [-0.2, -0.15) is 4.31 Å². The quantitative estimate of drug-likeness (QED) is 0.811. The number of benzene rings is 1. The van der Waals surface area contributed by atoms with Crippen LogP contribution in [0.4, 0.5) is 5.13 Å². The van der Waals surface area contributed by atoms with Gasteiger partial charge in [0.05, 0.1) is 23.8 Å². The lowest BCUT2D eigenvalue weighted by atomic mass is 10.2. The van der Waals surface area contributed by atoms with Crippen LogP contribution < -0.4 is 5.32 Å². The number of anilines is 1. The Hall–Kier alpha value is -1.81. The van der Waals surface area contributed by atoms with Gasteiger partial charge < -0.3 is 10.1 Å². The number of aromatic nitrogens is 1. The minimum absolute atomic E-state index is 0. The van der Waals surface area contributed by atoms with Crippen LogP contribution in [-0.4, -0.2) is 49.9 Å². The fourth-order valence-electron chi connectivity index (χ4n) is 2.41. The number of thiazole rings is 1. The number of amides is 1. The summed E-state index contributed by atoms with van der Waals surface area (Å²) in [4.78, 5) is 16.0. The van der Waals surface area contributed by atoms with Crippen molar-refractivity contribution in [3.8, 4) is 11.3 Å². The van der Waals surface area contributed by atoms with Crippen LogP contribution in [0.1, 0.15) is 28.6 Å². The molecule has 2 heterocycles. The average molecular weight is 414 g/mol. The molecule has 1 saturated heterocycles. The van der Waals surface area contributed by atoms with Crippen LogP contribution >= 0.6 is 11.3 Å². The Bertz CT molecular complexity index is 848. The SMILES string of the molecule is CC.CCC(=O)Nc1nc(-c2ccc(S(=O)(=O)N3CCOCC3)cc2)cs1.[HH]. The first-order valence-electron chi connectivity index (χ1n) is 8.94. The molecule has 0 aliphatic carbocycles. The third-order valence-corrected chi connectivity index (χ3v) is 6.50. The van der Waals surface area contributed by atoms with Gasteiger partial charge in [0.1, 0.15) is 0 Å². The Morgan fingerprint density at radius 1 is 1.26 bits per heavy atom. The third-order valence-electron chi connectivity index (χ3n) is 3.83. The largest absolute Gasteiger partial charge is 0.379 e. The fourth-order valence-corrected chi connectivity index (χ4v) is 4.55. The molecule has 1 aromatic heterocycles. The lowest BCUT2D eigenvalue weighted by Gasteiger charge is -2.26. The molecule has 150 valence electrons. The maximum absolute atomic E-state index is 12.6. The fraction of sp³-hybridized carbons (Fsp3) is 0.444. The van der Waals surface area contributed by atoms with Crippen LogP contribution in [0.3, 0.4) is 0 Å². The van der Waals surface area contributed by atoms with Crippen molar-refractivity contribution in [2.75, 3.05) is 31.6 Å². The molecule has 0 radical (unpaired) electrons. The smallest absolute Gasteiger partial charge is 0.243 e. The van der Waals surface area contributed by atoms with E-state index in [-0.39, 0.29) is 12.2 Å². The first-order chi connectivity index (χ1) is 13.0. The van der Waals surface area contributed by atoms with Crippen LogP contribution in [0.2, 0.25) is 0 Å². The normalized spacial score (nSPS) is 14.9. The van der Waals surface area contributed by atoms with Gasteiger partial charge in [-0.15, -0.1) is 11.3 Å². The van der Waals surface area contributed by atoms with E-state index < -0.39 is 10.0 Å². The number of ether oxygens (including phenoxy) is 1. The predicted molar refractivity (Wildman–Crippen MR) is 110 cm³/mol. The molecule has 2 aromatic rings. The summed E-state index contributed by atoms with van der Waals surface area (Å²) in [6.07, 6.45) is 0.392. The summed E-state index contributed by atoms with van der Waals surface area (Å²) in [5, 5.41) is 5.08. The molecule has 1 aliphatic heterocycles. The van der Waals surface area contributed by atoms with E-state index in [9.17, 15) is 13.2 Å². The van der Waals surface area contributed by atoms with Crippen molar-refractivity contribution >= 4 is 32.4 Å². The maximum atomic E-state index is 12.6. The third kappa shape index (κ3) is 5.35. The summed E-state index contributed by atoms with van der Waals surface area (Å²) in [7, 11) is -3.50. The Morgan fingerprint density at radius 2 is 1.89 bits per heavy atom. The van der Waals surface area contributed by atoms with Crippen LogP contribution in [0.5, 0.6) is 0 Å². The molecule has 1 aromatic carbocycles. The van der Waals surface area contributed by atoms with Gasteiger partial charge in [0.15, 0.2) is 5.13 Å². The van der Waals surface area contributed by atoms with Crippen LogP contribution in [0.25, 0.3) is 11.3 Å². The van der Waals surface area contributed by atoms with Crippen molar-refractivity contribution in [3.05, 3.63) is 29.6 Å². The van der Waals surface area contributed by atoms with Gasteiger partial charge in [0, 0.05) is 31.9 Å². The van der Waals surface area contributed by atoms with Crippen molar-refractivity contribution in [1.82, 2.24) is 9.29 Å². The molecule has 1 amide bonds. The lowest BCUT2D eigenvalue weighted by molar-refractivity contribution is -0.115. The number of rotatable bonds is 5. The molecule has 3 rings (SSSR count). The summed E-state index contributed by atoms with van der Waals surface area (Å²) in [6, 6.07) is 6.63. The second-order valence-corrected chi connectivity index (χ2v) is 8.28. The van der Waals surface area contributed by atoms with E-state index in [0.29, 0.717) is 43.5 Å². The monoisotopic (exact) mass is 413 g/mol. The van der Waals surface area contributed by atoms with E-state index >= 15 is 0 Å². The number of hydrogen-bond acceptors (Lipinski definition) is 6. The molecular weight excluding hydrogens is 386 g/mol.